The molecule has 27 heavy (non-hydrogen) atoms. The van der Waals surface area contributed by atoms with Gasteiger partial charge in [-0.15, -0.1) is 0 Å². The van der Waals surface area contributed by atoms with Gasteiger partial charge >= 0.3 is 5.69 Å². The minimum absolute atomic E-state index is 0.0470. The van der Waals surface area contributed by atoms with Crippen molar-refractivity contribution in [3.05, 3.63) is 76.1 Å². The zero-order valence-electron chi connectivity index (χ0n) is 14.6. The molecule has 2 aromatic heterocycles. The zero-order valence-corrected chi connectivity index (χ0v) is 14.6. The normalized spacial score (nSPS) is 16.6. The van der Waals surface area contributed by atoms with Crippen molar-refractivity contribution in [2.75, 3.05) is 0 Å². The standard InChI is InChI=1S/C19H19FN4O3/c20-14-5-3-13(4-6-14)12-24-19(26)23-10-9-15(7-8-17(23)22-24)21-18(25)16-2-1-11-27-16/h1-6,11,15H,7-10,12H2,(H,21,25). The number of aromatic nitrogens is 3. The Balaban J connectivity index is 1.44. The van der Waals surface area contributed by atoms with E-state index in [1.54, 1.807) is 28.8 Å². The predicted octanol–water partition coefficient (Wildman–Crippen LogP) is 1.96. The Labute approximate surface area is 154 Å². The number of rotatable bonds is 4. The molecule has 1 N–H and O–H groups in total. The fourth-order valence-corrected chi connectivity index (χ4v) is 3.30. The summed E-state index contributed by atoms with van der Waals surface area (Å²) in [7, 11) is 0. The van der Waals surface area contributed by atoms with Gasteiger partial charge in [0.2, 0.25) is 0 Å². The molecule has 0 bridgehead atoms. The van der Waals surface area contributed by atoms with Crippen molar-refractivity contribution in [3.8, 4) is 0 Å². The van der Waals surface area contributed by atoms with Gasteiger partial charge in [0, 0.05) is 19.0 Å². The summed E-state index contributed by atoms with van der Waals surface area (Å²) in [6.45, 7) is 0.790. The molecule has 0 saturated heterocycles. The van der Waals surface area contributed by atoms with Gasteiger partial charge in [-0.1, -0.05) is 12.1 Å². The topological polar surface area (TPSA) is 82.1 Å². The van der Waals surface area contributed by atoms with E-state index in [4.69, 9.17) is 4.42 Å². The molecule has 1 atom stereocenters. The van der Waals surface area contributed by atoms with E-state index in [0.29, 0.717) is 38.2 Å². The van der Waals surface area contributed by atoms with Crippen LogP contribution in [0.1, 0.15) is 34.8 Å². The van der Waals surface area contributed by atoms with Gasteiger partial charge in [0.25, 0.3) is 5.91 Å². The molecule has 1 aliphatic rings. The number of hydrogen-bond acceptors (Lipinski definition) is 4. The highest BCUT2D eigenvalue weighted by molar-refractivity contribution is 5.91. The van der Waals surface area contributed by atoms with Crippen LogP contribution >= 0.6 is 0 Å². The maximum absolute atomic E-state index is 13.0. The Morgan fingerprint density at radius 2 is 2.07 bits per heavy atom. The molecule has 1 unspecified atom stereocenters. The van der Waals surface area contributed by atoms with E-state index in [1.165, 1.54) is 23.1 Å². The van der Waals surface area contributed by atoms with Gasteiger partial charge < -0.3 is 9.73 Å². The summed E-state index contributed by atoms with van der Waals surface area (Å²) < 4.78 is 21.2. The quantitative estimate of drug-likeness (QED) is 0.761. The molecule has 3 aromatic rings. The van der Waals surface area contributed by atoms with Gasteiger partial charge in [-0.2, -0.15) is 5.10 Å². The van der Waals surface area contributed by atoms with Crippen molar-refractivity contribution >= 4 is 5.91 Å². The fraction of sp³-hybridized carbons (Fsp3) is 0.316. The number of nitrogens with one attached hydrogen (secondary N) is 1. The summed E-state index contributed by atoms with van der Waals surface area (Å²) in [6.07, 6.45) is 3.39. The SMILES string of the molecule is O=C(NC1CCc2nn(Cc3ccc(F)cc3)c(=O)n2CC1)c1ccco1. The minimum atomic E-state index is -0.311. The van der Waals surface area contributed by atoms with Crippen LogP contribution in [0.5, 0.6) is 0 Å². The second kappa shape index (κ2) is 7.22. The molecule has 0 saturated carbocycles. The summed E-state index contributed by atoms with van der Waals surface area (Å²) in [5, 5.41) is 7.38. The first-order valence-corrected chi connectivity index (χ1v) is 8.85. The van der Waals surface area contributed by atoms with E-state index in [1.807, 2.05) is 0 Å². The number of nitrogens with zero attached hydrogens (tertiary/aromatic N) is 3. The molecule has 0 spiro atoms. The monoisotopic (exact) mass is 370 g/mol. The third kappa shape index (κ3) is 3.69. The van der Waals surface area contributed by atoms with Gasteiger partial charge in [0.1, 0.15) is 11.6 Å². The van der Waals surface area contributed by atoms with Gasteiger partial charge in [-0.05, 0) is 42.7 Å². The predicted molar refractivity (Wildman–Crippen MR) is 94.9 cm³/mol. The third-order valence-corrected chi connectivity index (χ3v) is 4.74. The smallest absolute Gasteiger partial charge is 0.346 e. The number of hydrogen-bond donors (Lipinski definition) is 1. The molecule has 140 valence electrons. The average Bonchev–Trinajstić information content (AvgIpc) is 3.24. The van der Waals surface area contributed by atoms with Crippen molar-refractivity contribution in [2.45, 2.75) is 38.4 Å². The number of amides is 1. The minimum Gasteiger partial charge on any atom is -0.459 e. The summed E-state index contributed by atoms with van der Waals surface area (Å²) in [4.78, 5) is 24.8. The molecule has 0 aliphatic carbocycles. The molecule has 8 heteroatoms. The summed E-state index contributed by atoms with van der Waals surface area (Å²) >= 11 is 0. The zero-order chi connectivity index (χ0) is 18.8. The molecule has 1 amide bonds. The molecular formula is C19H19FN4O3. The molecule has 0 radical (unpaired) electrons. The first-order chi connectivity index (χ1) is 13.1. The number of fused-ring (bicyclic) bond motifs is 1. The Morgan fingerprint density at radius 3 is 2.81 bits per heavy atom. The summed E-state index contributed by atoms with van der Waals surface area (Å²) in [5.74, 6) is 0.420. The Morgan fingerprint density at radius 1 is 1.26 bits per heavy atom. The molecule has 1 aromatic carbocycles. The van der Waals surface area contributed by atoms with Gasteiger partial charge in [-0.3, -0.25) is 9.36 Å². The van der Waals surface area contributed by atoms with Gasteiger partial charge in [0.05, 0.1) is 12.8 Å². The van der Waals surface area contributed by atoms with Crippen LogP contribution in [0.15, 0.2) is 51.9 Å². The van der Waals surface area contributed by atoms with Crippen LogP contribution in [0.2, 0.25) is 0 Å². The van der Waals surface area contributed by atoms with Crippen LogP contribution in [0.4, 0.5) is 4.39 Å². The molecule has 4 rings (SSSR count). The third-order valence-electron chi connectivity index (χ3n) is 4.74. The number of halogens is 1. The second-order valence-electron chi connectivity index (χ2n) is 6.61. The van der Waals surface area contributed by atoms with Gasteiger partial charge in [-0.25, -0.2) is 13.9 Å². The Kier molecular flexibility index (Phi) is 4.62. The van der Waals surface area contributed by atoms with E-state index in [0.717, 1.165) is 5.56 Å². The average molecular weight is 370 g/mol. The van der Waals surface area contributed by atoms with E-state index < -0.39 is 0 Å². The van der Waals surface area contributed by atoms with Crippen LogP contribution < -0.4 is 11.0 Å². The van der Waals surface area contributed by atoms with Crippen LogP contribution in [0.3, 0.4) is 0 Å². The largest absolute Gasteiger partial charge is 0.459 e. The van der Waals surface area contributed by atoms with E-state index in [9.17, 15) is 14.0 Å². The van der Waals surface area contributed by atoms with E-state index in [-0.39, 0.29) is 29.2 Å². The first-order valence-electron chi connectivity index (χ1n) is 8.85. The van der Waals surface area contributed by atoms with E-state index >= 15 is 0 Å². The van der Waals surface area contributed by atoms with Crippen LogP contribution in [0.25, 0.3) is 0 Å². The van der Waals surface area contributed by atoms with Crippen molar-refractivity contribution in [2.24, 2.45) is 0 Å². The fourth-order valence-electron chi connectivity index (χ4n) is 3.30. The highest BCUT2D eigenvalue weighted by atomic mass is 19.1. The lowest BCUT2D eigenvalue weighted by Gasteiger charge is -2.14. The maximum atomic E-state index is 13.0. The Bertz CT molecular complexity index is 989. The molecule has 3 heterocycles. The Hall–Kier alpha value is -3.16. The lowest BCUT2D eigenvalue weighted by atomic mass is 10.1. The summed E-state index contributed by atoms with van der Waals surface area (Å²) in [6, 6.07) is 9.27. The highest BCUT2D eigenvalue weighted by Crippen LogP contribution is 2.13. The van der Waals surface area contributed by atoms with Crippen molar-refractivity contribution in [1.29, 1.82) is 0 Å². The second-order valence-corrected chi connectivity index (χ2v) is 6.61. The molecular weight excluding hydrogens is 351 g/mol. The number of benzene rings is 1. The lowest BCUT2D eigenvalue weighted by molar-refractivity contribution is 0.0904. The molecule has 1 aliphatic heterocycles. The number of furan rings is 1. The van der Waals surface area contributed by atoms with Gasteiger partial charge in [0.15, 0.2) is 5.76 Å². The number of aryl methyl sites for hydroxylation is 1. The van der Waals surface area contributed by atoms with Crippen LogP contribution in [0, 0.1) is 5.82 Å². The van der Waals surface area contributed by atoms with Crippen LogP contribution in [-0.2, 0) is 19.5 Å². The molecule has 0 fully saturated rings. The van der Waals surface area contributed by atoms with E-state index in [2.05, 4.69) is 10.4 Å². The van der Waals surface area contributed by atoms with Crippen molar-refractivity contribution < 1.29 is 13.6 Å². The van der Waals surface area contributed by atoms with Crippen molar-refractivity contribution in [1.82, 2.24) is 19.7 Å². The number of carbonyl (C=O) groups excluding carboxylic acids is 1. The number of carbonyl (C=O) groups is 1. The van der Waals surface area contributed by atoms with Crippen LogP contribution in [-0.4, -0.2) is 26.3 Å². The highest BCUT2D eigenvalue weighted by Gasteiger charge is 2.23. The van der Waals surface area contributed by atoms with Crippen molar-refractivity contribution in [3.63, 3.8) is 0 Å². The summed E-state index contributed by atoms with van der Waals surface area (Å²) in [5.41, 5.74) is 0.627. The lowest BCUT2D eigenvalue weighted by Crippen LogP contribution is -2.35. The first kappa shape index (κ1) is 17.3. The maximum Gasteiger partial charge on any atom is 0.346 e. The molecule has 7 nitrogen and oxygen atoms in total.